The Kier molecular flexibility index (Phi) is 15.2. The minimum atomic E-state index is -3.57. The number of urea groups is 1. The first kappa shape index (κ1) is 46.2. The van der Waals surface area contributed by atoms with Crippen LogP contribution in [0.1, 0.15) is 84.8 Å². The first-order chi connectivity index (χ1) is 27.0. The van der Waals surface area contributed by atoms with Crippen LogP contribution in [0.15, 0.2) is 36.9 Å². The van der Waals surface area contributed by atoms with Gasteiger partial charge < -0.3 is 35.8 Å². The Bertz CT molecular complexity index is 1820. The van der Waals surface area contributed by atoms with Gasteiger partial charge in [-0.25, -0.2) is 22.3 Å². The molecule has 1 aromatic rings. The van der Waals surface area contributed by atoms with E-state index >= 15 is 0 Å². The Balaban J connectivity index is 1.60. The minimum absolute atomic E-state index is 0.0275. The predicted octanol–water partition coefficient (Wildman–Crippen LogP) is 2.72. The van der Waals surface area contributed by atoms with Gasteiger partial charge in [0.05, 0.1) is 18.8 Å². The highest BCUT2D eigenvalue weighted by Gasteiger charge is 2.47. The summed E-state index contributed by atoms with van der Waals surface area (Å²) in [4.78, 5) is 85.3. The summed E-state index contributed by atoms with van der Waals surface area (Å²) in [6.45, 7) is 15.0. The highest BCUT2D eigenvalue weighted by Crippen LogP contribution is 2.32. The van der Waals surface area contributed by atoms with Crippen molar-refractivity contribution in [3.05, 3.63) is 48.0 Å². The second-order valence-corrected chi connectivity index (χ2v) is 20.1. The summed E-state index contributed by atoms with van der Waals surface area (Å²) >= 11 is 0. The van der Waals surface area contributed by atoms with Crippen molar-refractivity contribution in [2.45, 2.75) is 117 Å². The molecule has 17 heteroatoms. The van der Waals surface area contributed by atoms with E-state index in [1.807, 2.05) is 45.0 Å². The number of likely N-dealkylation sites (tertiary alicyclic amines) is 1. The number of ether oxygens (including phenoxy) is 1. The van der Waals surface area contributed by atoms with Crippen LogP contribution in [0.5, 0.6) is 0 Å². The van der Waals surface area contributed by atoms with Crippen molar-refractivity contribution in [2.24, 2.45) is 16.7 Å². The quantitative estimate of drug-likeness (QED) is 0.151. The molecule has 1 saturated heterocycles. The summed E-state index contributed by atoms with van der Waals surface area (Å²) in [5, 5.41) is 10.9. The molecule has 1 unspecified atom stereocenters. The Morgan fingerprint density at radius 1 is 0.983 bits per heavy atom. The lowest BCUT2D eigenvalue weighted by Crippen LogP contribution is -2.62. The third-order valence-electron chi connectivity index (χ3n) is 11.3. The number of hydrogen-bond donors (Lipinski definition) is 4. The molecule has 0 radical (unpaired) electrons. The Morgan fingerprint density at radius 3 is 2.21 bits per heavy atom. The van der Waals surface area contributed by atoms with Crippen LogP contribution in [0.25, 0.3) is 0 Å². The molecule has 16 nitrogen and oxygen atoms in total. The van der Waals surface area contributed by atoms with Crippen molar-refractivity contribution in [3.8, 4) is 0 Å². The van der Waals surface area contributed by atoms with E-state index < -0.39 is 86.8 Å². The van der Waals surface area contributed by atoms with Gasteiger partial charge >= 0.3 is 12.1 Å². The third kappa shape index (κ3) is 12.3. The van der Waals surface area contributed by atoms with E-state index in [0.29, 0.717) is 19.5 Å². The molecule has 58 heavy (non-hydrogen) atoms. The topological polar surface area (TPSA) is 204 Å². The number of fused-ring (bicyclic) bond motifs is 1. The highest BCUT2D eigenvalue weighted by atomic mass is 32.2. The maximum atomic E-state index is 14.7. The average Bonchev–Trinajstić information content (AvgIpc) is 3.55. The number of nitrogens with zero attached hydrogens (tertiary/aromatic N) is 3. The van der Waals surface area contributed by atoms with Crippen LogP contribution in [-0.4, -0.2) is 128 Å². The molecule has 2 fully saturated rings. The van der Waals surface area contributed by atoms with Crippen molar-refractivity contribution >= 4 is 45.7 Å². The Hall–Kier alpha value is -4.51. The molecule has 322 valence electrons. The second-order valence-electron chi connectivity index (χ2n) is 18.0. The lowest BCUT2D eigenvalue weighted by Gasteiger charge is -2.37. The van der Waals surface area contributed by atoms with Crippen molar-refractivity contribution in [2.75, 3.05) is 39.5 Å². The molecule has 0 bridgehead atoms. The first-order valence-corrected chi connectivity index (χ1v) is 21.9. The standard InChI is InChI=1S/C41H63N7O9S/c1-10-19-42-36(51)33(49)30(21-26-14-13-15-26)43-35(50)31-22-29(57-39(54)47-20-18-27-16-11-12-17-28(27)23-47)24-48(31)37(52)34(41(5,6)7)45-38(53)44-32(40(2,3)4)25-46(8)58(9,55)56/h10-12,16-17,26,29-32,34H,1,13-15,18-25H2,2-9H3,(H,42,51)(H,43,50)(H2,44,45,53)/t29-,30?,31+,32-,34-/m1/s1. The fourth-order valence-corrected chi connectivity index (χ4v) is 7.71. The Labute approximate surface area is 343 Å². The average molecular weight is 830 g/mol. The molecule has 3 aliphatic rings. The van der Waals surface area contributed by atoms with Crippen LogP contribution >= 0.6 is 0 Å². The van der Waals surface area contributed by atoms with Crippen LogP contribution in [-0.2, 0) is 46.9 Å². The summed E-state index contributed by atoms with van der Waals surface area (Å²) in [6.07, 6.45) is 4.48. The minimum Gasteiger partial charge on any atom is -0.444 e. The van der Waals surface area contributed by atoms with Gasteiger partial charge in [0.1, 0.15) is 18.2 Å². The predicted molar refractivity (Wildman–Crippen MR) is 219 cm³/mol. The van der Waals surface area contributed by atoms with Crippen LogP contribution in [0.3, 0.4) is 0 Å². The number of Topliss-reactive ketones (excluding diaryl/α,β-unsaturated/α-hetero) is 1. The molecule has 4 N–H and O–H groups in total. The van der Waals surface area contributed by atoms with Crippen molar-refractivity contribution in [1.29, 1.82) is 0 Å². The molecule has 4 rings (SSSR count). The van der Waals surface area contributed by atoms with E-state index in [9.17, 15) is 37.2 Å². The van der Waals surface area contributed by atoms with Gasteiger partial charge in [0.2, 0.25) is 27.6 Å². The molecular weight excluding hydrogens is 767 g/mol. The van der Waals surface area contributed by atoms with Gasteiger partial charge in [0.25, 0.3) is 5.91 Å². The monoisotopic (exact) mass is 829 g/mol. The fraction of sp³-hybridized carbons (Fsp3) is 0.659. The smallest absolute Gasteiger partial charge is 0.410 e. The van der Waals surface area contributed by atoms with E-state index in [0.717, 1.165) is 41.0 Å². The number of carbonyl (C=O) groups is 6. The summed E-state index contributed by atoms with van der Waals surface area (Å²) in [5.74, 6) is -2.86. The molecule has 1 aliphatic carbocycles. The molecule has 2 heterocycles. The van der Waals surface area contributed by atoms with Gasteiger partial charge in [0, 0.05) is 45.7 Å². The zero-order valence-corrected chi connectivity index (χ0v) is 36.1. The number of ketones is 1. The van der Waals surface area contributed by atoms with Gasteiger partial charge in [-0.1, -0.05) is 91.1 Å². The van der Waals surface area contributed by atoms with E-state index in [4.69, 9.17) is 4.74 Å². The number of sulfonamides is 1. The molecule has 6 amide bonds. The molecule has 1 saturated carbocycles. The maximum absolute atomic E-state index is 14.7. The zero-order valence-electron chi connectivity index (χ0n) is 35.3. The first-order valence-electron chi connectivity index (χ1n) is 20.0. The SMILES string of the molecule is C=CCNC(=O)C(=O)C(CC1CCC1)NC(=O)[C@@H]1C[C@@H](OC(=O)N2CCc3ccccc3C2)CN1C(=O)[C@@H](NC(=O)N[C@H](CN(C)S(C)(=O)=O)C(C)(C)C)C(C)(C)C. The Morgan fingerprint density at radius 2 is 1.64 bits per heavy atom. The number of benzene rings is 1. The summed E-state index contributed by atoms with van der Waals surface area (Å²) in [5.41, 5.74) is 0.655. The second kappa shape index (κ2) is 19.0. The molecule has 5 atom stereocenters. The molecule has 1 aromatic carbocycles. The third-order valence-corrected chi connectivity index (χ3v) is 12.6. The van der Waals surface area contributed by atoms with Gasteiger partial charge in [-0.05, 0) is 40.7 Å². The van der Waals surface area contributed by atoms with Crippen molar-refractivity contribution in [3.63, 3.8) is 0 Å². The highest BCUT2D eigenvalue weighted by molar-refractivity contribution is 7.88. The van der Waals surface area contributed by atoms with Crippen LogP contribution < -0.4 is 21.3 Å². The van der Waals surface area contributed by atoms with E-state index in [1.165, 1.54) is 18.0 Å². The molecular formula is C41H63N7O9S. The maximum Gasteiger partial charge on any atom is 0.410 e. The number of likely N-dealkylation sites (N-methyl/N-ethyl adjacent to an activating group) is 1. The normalized spacial score (nSPS) is 20.2. The number of amides is 6. The fourth-order valence-electron chi connectivity index (χ4n) is 7.29. The summed E-state index contributed by atoms with van der Waals surface area (Å²) in [7, 11) is -2.15. The number of nitrogens with one attached hydrogen (secondary N) is 4. The number of rotatable bonds is 15. The summed E-state index contributed by atoms with van der Waals surface area (Å²) in [6, 6.07) is 2.86. The zero-order chi connectivity index (χ0) is 43.2. The van der Waals surface area contributed by atoms with E-state index in [1.54, 1.807) is 25.7 Å². The number of carbonyl (C=O) groups excluding carboxylic acids is 6. The van der Waals surface area contributed by atoms with Gasteiger partial charge in [-0.15, -0.1) is 6.58 Å². The molecule has 0 spiro atoms. The van der Waals surface area contributed by atoms with E-state index in [2.05, 4.69) is 27.8 Å². The van der Waals surface area contributed by atoms with Crippen molar-refractivity contribution in [1.82, 2.24) is 35.4 Å². The van der Waals surface area contributed by atoms with Gasteiger partial charge in [0.15, 0.2) is 0 Å². The largest absolute Gasteiger partial charge is 0.444 e. The van der Waals surface area contributed by atoms with Crippen LogP contribution in [0.4, 0.5) is 9.59 Å². The van der Waals surface area contributed by atoms with Gasteiger partial charge in [-0.3, -0.25) is 19.2 Å². The van der Waals surface area contributed by atoms with E-state index in [-0.39, 0.29) is 38.4 Å². The number of hydrogen-bond acceptors (Lipinski definition) is 9. The summed E-state index contributed by atoms with van der Waals surface area (Å²) < 4.78 is 31.6. The van der Waals surface area contributed by atoms with Crippen LogP contribution in [0, 0.1) is 16.7 Å². The molecule has 0 aromatic heterocycles. The lowest BCUT2D eigenvalue weighted by molar-refractivity contribution is -0.144. The van der Waals surface area contributed by atoms with Gasteiger partial charge in [-0.2, -0.15) is 0 Å². The molecule has 2 aliphatic heterocycles. The van der Waals surface area contributed by atoms with Crippen LogP contribution in [0.2, 0.25) is 0 Å². The van der Waals surface area contributed by atoms with Crippen molar-refractivity contribution < 1.29 is 41.9 Å². The lowest BCUT2D eigenvalue weighted by atomic mass is 9.80.